The van der Waals surface area contributed by atoms with Crippen molar-refractivity contribution in [3.63, 3.8) is 0 Å². The molecule has 6 heteroatoms. The largest absolute Gasteiger partial charge is 0.338 e. The molecule has 0 radical (unpaired) electrons. The molecule has 1 aliphatic rings. The smallest absolute Gasteiger partial charge is 0.296 e. The molecule has 0 aromatic rings. The summed E-state index contributed by atoms with van der Waals surface area (Å²) in [7, 11) is -3.54. The third kappa shape index (κ3) is 4.21. The Balaban J connectivity index is 2.58. The molecule has 0 aromatic heterocycles. The normalized spacial score (nSPS) is 21.1. The van der Waals surface area contributed by atoms with Crippen LogP contribution in [-0.4, -0.2) is 55.4 Å². The zero-order valence-corrected chi connectivity index (χ0v) is 12.2. The molecule has 0 saturated carbocycles. The van der Waals surface area contributed by atoms with Crippen molar-refractivity contribution in [1.29, 1.82) is 0 Å². The van der Waals surface area contributed by atoms with E-state index in [1.165, 1.54) is 4.31 Å². The van der Waals surface area contributed by atoms with Gasteiger partial charge in [0.15, 0.2) is 0 Å². The maximum absolute atomic E-state index is 11.8. The number of rotatable bonds is 3. The van der Waals surface area contributed by atoms with Gasteiger partial charge in [-0.2, -0.15) is 12.7 Å². The minimum Gasteiger partial charge on any atom is -0.296 e. The summed E-state index contributed by atoms with van der Waals surface area (Å²) in [4.78, 5) is 2.29. The number of piperazine rings is 1. The average molecular weight is 264 g/mol. The van der Waals surface area contributed by atoms with Crippen molar-refractivity contribution < 1.29 is 12.6 Å². The second-order valence-electron chi connectivity index (χ2n) is 5.66. The summed E-state index contributed by atoms with van der Waals surface area (Å²) in [6.45, 7) is 12.4. The van der Waals surface area contributed by atoms with E-state index in [9.17, 15) is 8.42 Å². The lowest BCUT2D eigenvalue weighted by atomic mass is 10.1. The van der Waals surface area contributed by atoms with Crippen molar-refractivity contribution in [1.82, 2.24) is 9.21 Å². The molecule has 0 aromatic carbocycles. The van der Waals surface area contributed by atoms with Crippen molar-refractivity contribution in [3.05, 3.63) is 0 Å². The lowest BCUT2D eigenvalue weighted by Gasteiger charge is -2.41. The number of nitrogens with zero attached hydrogens (tertiary/aromatic N) is 2. The van der Waals surface area contributed by atoms with Gasteiger partial charge in [0.05, 0.1) is 6.10 Å². The summed E-state index contributed by atoms with van der Waals surface area (Å²) in [5.74, 6) is 0. The van der Waals surface area contributed by atoms with Gasteiger partial charge in [0.2, 0.25) is 0 Å². The summed E-state index contributed by atoms with van der Waals surface area (Å²) < 4.78 is 30.1. The van der Waals surface area contributed by atoms with Crippen LogP contribution in [0.5, 0.6) is 0 Å². The predicted octanol–water partition coefficient (Wildman–Crippen LogP) is 1.07. The summed E-state index contributed by atoms with van der Waals surface area (Å²) in [6.07, 6.45) is -0.305. The molecule has 0 aliphatic carbocycles. The van der Waals surface area contributed by atoms with E-state index in [1.807, 2.05) is 0 Å². The molecule has 1 rings (SSSR count). The Hall–Kier alpha value is -0.170. The fourth-order valence-corrected chi connectivity index (χ4v) is 3.11. The minimum atomic E-state index is -3.54. The van der Waals surface area contributed by atoms with Crippen LogP contribution in [0.4, 0.5) is 0 Å². The molecule has 0 unspecified atom stereocenters. The van der Waals surface area contributed by atoms with Gasteiger partial charge in [0.25, 0.3) is 0 Å². The van der Waals surface area contributed by atoms with Crippen molar-refractivity contribution in [3.8, 4) is 0 Å². The first-order chi connectivity index (χ1) is 7.63. The first-order valence-electron chi connectivity index (χ1n) is 6.06. The molecule has 17 heavy (non-hydrogen) atoms. The highest BCUT2D eigenvalue weighted by Gasteiger charge is 2.32. The van der Waals surface area contributed by atoms with E-state index in [0.717, 1.165) is 13.1 Å². The van der Waals surface area contributed by atoms with Gasteiger partial charge in [-0.1, -0.05) is 0 Å². The van der Waals surface area contributed by atoms with Crippen LogP contribution in [-0.2, 0) is 14.5 Å². The summed E-state index contributed by atoms with van der Waals surface area (Å²) in [5.41, 5.74) is 0.0920. The maximum Gasteiger partial charge on any atom is 0.338 e. The lowest BCUT2D eigenvalue weighted by Crippen LogP contribution is -2.54. The van der Waals surface area contributed by atoms with Gasteiger partial charge in [0.1, 0.15) is 0 Å². The summed E-state index contributed by atoms with van der Waals surface area (Å²) in [6, 6.07) is 0. The van der Waals surface area contributed by atoms with E-state index in [0.29, 0.717) is 13.1 Å². The Morgan fingerprint density at radius 2 is 1.53 bits per heavy atom. The van der Waals surface area contributed by atoms with Crippen molar-refractivity contribution in [2.75, 3.05) is 26.2 Å². The summed E-state index contributed by atoms with van der Waals surface area (Å²) >= 11 is 0. The van der Waals surface area contributed by atoms with Gasteiger partial charge < -0.3 is 0 Å². The van der Waals surface area contributed by atoms with Gasteiger partial charge in [-0.05, 0) is 34.6 Å². The Morgan fingerprint density at radius 3 is 1.88 bits per heavy atom. The number of hydrogen-bond acceptors (Lipinski definition) is 4. The highest BCUT2D eigenvalue weighted by Crippen LogP contribution is 2.18. The predicted molar refractivity (Wildman–Crippen MR) is 68.0 cm³/mol. The van der Waals surface area contributed by atoms with Crippen LogP contribution in [0, 0.1) is 0 Å². The summed E-state index contributed by atoms with van der Waals surface area (Å²) in [5, 5.41) is 0. The molecular formula is C11H24N2O3S. The van der Waals surface area contributed by atoms with Crippen molar-refractivity contribution in [2.45, 2.75) is 46.3 Å². The van der Waals surface area contributed by atoms with E-state index in [1.54, 1.807) is 13.8 Å². The fraction of sp³-hybridized carbons (Fsp3) is 1.00. The van der Waals surface area contributed by atoms with Crippen LogP contribution in [0.1, 0.15) is 34.6 Å². The van der Waals surface area contributed by atoms with Gasteiger partial charge in [0, 0.05) is 31.7 Å². The molecule has 0 amide bonds. The fourth-order valence-electron chi connectivity index (χ4n) is 1.89. The Kier molecular flexibility index (Phi) is 4.57. The Morgan fingerprint density at radius 1 is 1.06 bits per heavy atom. The molecule has 102 valence electrons. The highest BCUT2D eigenvalue weighted by atomic mass is 32.2. The van der Waals surface area contributed by atoms with Crippen molar-refractivity contribution in [2.24, 2.45) is 0 Å². The third-order valence-corrected chi connectivity index (χ3v) is 4.44. The van der Waals surface area contributed by atoms with Crippen LogP contribution < -0.4 is 0 Å². The van der Waals surface area contributed by atoms with Crippen LogP contribution in [0.3, 0.4) is 0 Å². The van der Waals surface area contributed by atoms with Crippen LogP contribution in [0.25, 0.3) is 0 Å². The second kappa shape index (κ2) is 5.22. The average Bonchev–Trinajstić information content (AvgIpc) is 2.14. The van der Waals surface area contributed by atoms with Gasteiger partial charge >= 0.3 is 10.3 Å². The number of hydrogen-bond donors (Lipinski definition) is 0. The van der Waals surface area contributed by atoms with E-state index < -0.39 is 10.3 Å². The first kappa shape index (κ1) is 14.9. The van der Waals surface area contributed by atoms with E-state index in [2.05, 4.69) is 25.7 Å². The second-order valence-corrected chi connectivity index (χ2v) is 7.22. The molecule has 5 nitrogen and oxygen atoms in total. The molecule has 1 heterocycles. The van der Waals surface area contributed by atoms with Gasteiger partial charge in [-0.15, -0.1) is 0 Å². The van der Waals surface area contributed by atoms with Crippen molar-refractivity contribution >= 4 is 10.3 Å². The van der Waals surface area contributed by atoms with E-state index >= 15 is 0 Å². The Labute approximate surface area is 105 Å². The minimum absolute atomic E-state index is 0.0920. The van der Waals surface area contributed by atoms with Crippen LogP contribution >= 0.6 is 0 Å². The molecule has 0 N–H and O–H groups in total. The van der Waals surface area contributed by atoms with E-state index in [4.69, 9.17) is 4.18 Å². The molecule has 1 saturated heterocycles. The topological polar surface area (TPSA) is 49.9 Å². The Bertz CT molecular complexity index is 338. The molecule has 1 aliphatic heterocycles. The molecular weight excluding hydrogens is 240 g/mol. The maximum atomic E-state index is 11.8. The third-order valence-electron chi connectivity index (χ3n) is 2.82. The molecule has 0 bridgehead atoms. The quantitative estimate of drug-likeness (QED) is 0.765. The van der Waals surface area contributed by atoms with E-state index in [-0.39, 0.29) is 11.6 Å². The molecule has 1 fully saturated rings. The highest BCUT2D eigenvalue weighted by molar-refractivity contribution is 7.84. The SMILES string of the molecule is CC(C)OS(=O)(=O)N1CCN(C(C)(C)C)CC1. The van der Waals surface area contributed by atoms with Crippen LogP contribution in [0.2, 0.25) is 0 Å². The standard InChI is InChI=1S/C11H24N2O3S/c1-10(2)16-17(14,15)13-8-6-12(7-9-13)11(3,4)5/h10H,6-9H2,1-5H3. The first-order valence-corrected chi connectivity index (χ1v) is 7.43. The zero-order chi connectivity index (χ0) is 13.3. The monoisotopic (exact) mass is 264 g/mol. The lowest BCUT2D eigenvalue weighted by molar-refractivity contribution is 0.0842. The molecule has 0 spiro atoms. The molecule has 0 atom stereocenters. The van der Waals surface area contributed by atoms with Gasteiger partial charge in [-0.25, -0.2) is 0 Å². The zero-order valence-electron chi connectivity index (χ0n) is 11.4. The van der Waals surface area contributed by atoms with Gasteiger partial charge in [-0.3, -0.25) is 9.08 Å². The van der Waals surface area contributed by atoms with Crippen LogP contribution in [0.15, 0.2) is 0 Å².